The number of carbonyl (C=O) groups excluding carboxylic acids is 2. The Kier molecular flexibility index (Phi) is 6.99. The van der Waals surface area contributed by atoms with Crippen LogP contribution in [0.4, 0.5) is 15.8 Å². The average molecular weight is 436 g/mol. The molecule has 0 spiro atoms. The lowest BCUT2D eigenvalue weighted by Gasteiger charge is -2.12. The van der Waals surface area contributed by atoms with Gasteiger partial charge in [-0.05, 0) is 56.3 Å². The highest BCUT2D eigenvalue weighted by molar-refractivity contribution is 6.10. The van der Waals surface area contributed by atoms with Crippen molar-refractivity contribution in [2.75, 3.05) is 10.6 Å². The molecule has 0 atom stereocenters. The van der Waals surface area contributed by atoms with Crippen LogP contribution in [0.1, 0.15) is 34.2 Å². The maximum Gasteiger partial charge on any atom is 0.257 e. The van der Waals surface area contributed by atoms with Crippen molar-refractivity contribution in [1.29, 1.82) is 0 Å². The number of carbonyl (C=O) groups is 2. The number of aromatic nitrogens is 2. The third-order valence-electron chi connectivity index (χ3n) is 4.84. The summed E-state index contributed by atoms with van der Waals surface area (Å²) < 4.78 is 15.4. The summed E-state index contributed by atoms with van der Waals surface area (Å²) in [6, 6.07) is 12.3. The first-order valence-electron chi connectivity index (χ1n) is 9.98. The number of hydrogen-bond acceptors (Lipinski definition) is 4. The van der Waals surface area contributed by atoms with Crippen LogP contribution in [0.25, 0.3) is 0 Å². The summed E-state index contributed by atoms with van der Waals surface area (Å²) in [6.45, 7) is 5.53. The van der Waals surface area contributed by atoms with Gasteiger partial charge in [0.05, 0.1) is 12.2 Å². The number of hydrogen-bond donors (Lipinski definition) is 3. The van der Waals surface area contributed by atoms with Crippen LogP contribution in [-0.4, -0.2) is 27.6 Å². The molecule has 1 aromatic heterocycles. The maximum absolute atomic E-state index is 13.6. The van der Waals surface area contributed by atoms with E-state index in [1.807, 2.05) is 20.9 Å². The number of rotatable bonds is 5. The minimum atomic E-state index is -0.409. The molecule has 8 nitrogen and oxygen atoms in total. The monoisotopic (exact) mass is 436 g/mol. The lowest BCUT2D eigenvalue weighted by atomic mass is 10.2. The molecule has 0 saturated carbocycles. The van der Waals surface area contributed by atoms with E-state index in [9.17, 15) is 14.0 Å². The van der Waals surface area contributed by atoms with Gasteiger partial charge in [-0.2, -0.15) is 5.10 Å². The molecular weight excluding hydrogens is 411 g/mol. The highest BCUT2D eigenvalue weighted by atomic mass is 19.1. The normalized spacial score (nSPS) is 11.2. The second-order valence-corrected chi connectivity index (χ2v) is 7.29. The van der Waals surface area contributed by atoms with Gasteiger partial charge >= 0.3 is 0 Å². The van der Waals surface area contributed by atoms with Crippen LogP contribution in [0.15, 0.2) is 53.5 Å². The Bertz CT molecular complexity index is 1170. The largest absolute Gasteiger partial charge is 0.326 e. The summed E-state index contributed by atoms with van der Waals surface area (Å²) in [4.78, 5) is 28.5. The Morgan fingerprint density at radius 3 is 2.38 bits per heavy atom. The maximum atomic E-state index is 13.6. The molecule has 0 radical (unpaired) electrons. The average Bonchev–Trinajstić information content (AvgIpc) is 2.97. The molecular formula is C23H25FN6O2. The van der Waals surface area contributed by atoms with Gasteiger partial charge in [0, 0.05) is 42.2 Å². The lowest BCUT2D eigenvalue weighted by Crippen LogP contribution is -2.36. The molecule has 2 amide bonds. The van der Waals surface area contributed by atoms with Crippen molar-refractivity contribution in [2.24, 2.45) is 12.0 Å². The van der Waals surface area contributed by atoms with E-state index in [0.29, 0.717) is 16.9 Å². The van der Waals surface area contributed by atoms with Crippen LogP contribution < -0.4 is 16.0 Å². The summed E-state index contributed by atoms with van der Waals surface area (Å²) >= 11 is 0. The standard InChI is InChI=1S/C23H25FN6O2/c1-14-21(15(2)30(4)29-14)13-25-23(27-20-7-5-6-18(24)12-20)28-22(32)17-8-10-19(11-9-17)26-16(3)31/h5-12H,13H2,1-4H3,(H,26,31)(H2,25,27,28,32). The summed E-state index contributed by atoms with van der Waals surface area (Å²) in [5.74, 6) is -0.832. The van der Waals surface area contributed by atoms with Gasteiger partial charge in [-0.25, -0.2) is 9.38 Å². The molecule has 9 heteroatoms. The molecule has 0 unspecified atom stereocenters. The Balaban J connectivity index is 1.82. The second-order valence-electron chi connectivity index (χ2n) is 7.29. The van der Waals surface area contributed by atoms with E-state index in [-0.39, 0.29) is 18.4 Å². The quantitative estimate of drug-likeness (QED) is 0.421. The number of aryl methyl sites for hydroxylation is 2. The van der Waals surface area contributed by atoms with Crippen molar-refractivity contribution in [2.45, 2.75) is 27.3 Å². The summed E-state index contributed by atoms with van der Waals surface area (Å²) in [5.41, 5.74) is 4.17. The van der Waals surface area contributed by atoms with Gasteiger partial charge in [0.15, 0.2) is 0 Å². The smallest absolute Gasteiger partial charge is 0.257 e. The highest BCUT2D eigenvalue weighted by Gasteiger charge is 2.13. The second kappa shape index (κ2) is 9.86. The van der Waals surface area contributed by atoms with Crippen molar-refractivity contribution in [1.82, 2.24) is 15.1 Å². The molecule has 0 aliphatic heterocycles. The van der Waals surface area contributed by atoms with Gasteiger partial charge in [-0.1, -0.05) is 6.07 Å². The number of guanidine groups is 1. The SMILES string of the molecule is CC(=O)Nc1ccc(C(=O)NC(=NCc2c(C)nn(C)c2C)Nc2cccc(F)c2)cc1. The Morgan fingerprint density at radius 2 is 1.78 bits per heavy atom. The van der Waals surface area contributed by atoms with E-state index < -0.39 is 11.7 Å². The minimum absolute atomic E-state index is 0.175. The predicted molar refractivity (Wildman–Crippen MR) is 122 cm³/mol. The zero-order chi connectivity index (χ0) is 23.3. The molecule has 166 valence electrons. The number of anilines is 2. The number of nitrogens with zero attached hydrogens (tertiary/aromatic N) is 3. The first kappa shape index (κ1) is 22.7. The van der Waals surface area contributed by atoms with E-state index in [2.05, 4.69) is 26.0 Å². The summed E-state index contributed by atoms with van der Waals surface area (Å²) in [6.07, 6.45) is 0. The molecule has 0 bridgehead atoms. The minimum Gasteiger partial charge on any atom is -0.326 e. The molecule has 3 rings (SSSR count). The molecule has 1 heterocycles. The van der Waals surface area contributed by atoms with Crippen molar-refractivity contribution in [3.63, 3.8) is 0 Å². The summed E-state index contributed by atoms with van der Waals surface area (Å²) in [7, 11) is 1.86. The van der Waals surface area contributed by atoms with E-state index in [1.165, 1.54) is 19.1 Å². The van der Waals surface area contributed by atoms with E-state index in [4.69, 9.17) is 0 Å². The lowest BCUT2D eigenvalue weighted by molar-refractivity contribution is -0.114. The number of halogens is 1. The fourth-order valence-electron chi connectivity index (χ4n) is 3.11. The van der Waals surface area contributed by atoms with Crippen LogP contribution in [0.5, 0.6) is 0 Å². The van der Waals surface area contributed by atoms with E-state index >= 15 is 0 Å². The first-order valence-corrected chi connectivity index (χ1v) is 9.98. The number of aliphatic imine (C=N–C) groups is 1. The molecule has 0 saturated heterocycles. The van der Waals surface area contributed by atoms with E-state index in [1.54, 1.807) is 41.1 Å². The van der Waals surface area contributed by atoms with Crippen LogP contribution in [0.3, 0.4) is 0 Å². The molecule has 0 fully saturated rings. The molecule has 3 N–H and O–H groups in total. The zero-order valence-corrected chi connectivity index (χ0v) is 18.4. The topological polar surface area (TPSA) is 100 Å². The van der Waals surface area contributed by atoms with Gasteiger partial charge in [0.2, 0.25) is 11.9 Å². The predicted octanol–water partition coefficient (Wildman–Crippen LogP) is 3.53. The fourth-order valence-corrected chi connectivity index (χ4v) is 3.11. The van der Waals surface area contributed by atoms with Crippen LogP contribution in [0, 0.1) is 19.7 Å². The van der Waals surface area contributed by atoms with Crippen molar-refractivity contribution in [3.05, 3.63) is 76.9 Å². The molecule has 32 heavy (non-hydrogen) atoms. The zero-order valence-electron chi connectivity index (χ0n) is 18.4. The van der Waals surface area contributed by atoms with Crippen molar-refractivity contribution >= 4 is 29.1 Å². The fraction of sp³-hybridized carbons (Fsp3) is 0.217. The van der Waals surface area contributed by atoms with E-state index in [0.717, 1.165) is 17.0 Å². The van der Waals surface area contributed by atoms with Gasteiger partial charge < -0.3 is 10.6 Å². The Labute approximate surface area is 185 Å². The Morgan fingerprint density at radius 1 is 1.06 bits per heavy atom. The van der Waals surface area contributed by atoms with Gasteiger partial charge in [0.25, 0.3) is 5.91 Å². The van der Waals surface area contributed by atoms with Gasteiger partial charge in [-0.15, -0.1) is 0 Å². The third-order valence-corrected chi connectivity index (χ3v) is 4.84. The van der Waals surface area contributed by atoms with Gasteiger partial charge in [-0.3, -0.25) is 19.6 Å². The Hall–Kier alpha value is -4.01. The van der Waals surface area contributed by atoms with Crippen LogP contribution in [0.2, 0.25) is 0 Å². The first-order chi connectivity index (χ1) is 15.2. The van der Waals surface area contributed by atoms with Crippen molar-refractivity contribution < 1.29 is 14.0 Å². The summed E-state index contributed by atoms with van der Waals surface area (Å²) in [5, 5.41) is 12.7. The molecule has 3 aromatic rings. The number of benzene rings is 2. The third kappa shape index (κ3) is 5.78. The molecule has 0 aliphatic carbocycles. The molecule has 2 aromatic carbocycles. The van der Waals surface area contributed by atoms with Gasteiger partial charge in [0.1, 0.15) is 5.82 Å². The van der Waals surface area contributed by atoms with Crippen LogP contribution in [-0.2, 0) is 18.4 Å². The number of nitrogens with one attached hydrogen (secondary N) is 3. The van der Waals surface area contributed by atoms with Crippen LogP contribution >= 0.6 is 0 Å². The van der Waals surface area contributed by atoms with Crippen molar-refractivity contribution in [3.8, 4) is 0 Å². The molecule has 0 aliphatic rings. The highest BCUT2D eigenvalue weighted by Crippen LogP contribution is 2.14. The number of amides is 2.